The van der Waals surface area contributed by atoms with Crippen LogP contribution in [0.4, 0.5) is 5.69 Å². The topological polar surface area (TPSA) is 117 Å². The van der Waals surface area contributed by atoms with E-state index in [4.69, 9.17) is 9.15 Å². The number of benzene rings is 2. The lowest BCUT2D eigenvalue weighted by molar-refractivity contribution is -0.384. The van der Waals surface area contributed by atoms with E-state index >= 15 is 0 Å². The Morgan fingerprint density at radius 3 is 2.62 bits per heavy atom. The van der Waals surface area contributed by atoms with Gasteiger partial charge in [0.05, 0.1) is 4.92 Å². The number of non-ortho nitro benzene ring substituents is 1. The summed E-state index contributed by atoms with van der Waals surface area (Å²) in [5.41, 5.74) is 0.368. The first kappa shape index (κ1) is 19.7. The fourth-order valence-corrected chi connectivity index (χ4v) is 2.83. The Morgan fingerprint density at radius 2 is 1.93 bits per heavy atom. The van der Waals surface area contributed by atoms with Gasteiger partial charge in [-0.25, -0.2) is 9.59 Å². The van der Waals surface area contributed by atoms with E-state index in [-0.39, 0.29) is 22.6 Å². The fraction of sp³-hybridized carbons (Fsp3) is 0.0952. The van der Waals surface area contributed by atoms with E-state index in [9.17, 15) is 24.5 Å². The van der Waals surface area contributed by atoms with E-state index < -0.39 is 22.3 Å². The molecule has 2 aromatic carbocycles. The van der Waals surface area contributed by atoms with Crippen LogP contribution in [0.1, 0.15) is 28.4 Å². The molecule has 0 bridgehead atoms. The fourth-order valence-electron chi connectivity index (χ4n) is 2.83. The van der Waals surface area contributed by atoms with E-state index in [1.165, 1.54) is 43.3 Å². The van der Waals surface area contributed by atoms with Gasteiger partial charge in [-0.05, 0) is 43.2 Å². The van der Waals surface area contributed by atoms with Crippen LogP contribution >= 0.6 is 0 Å². The van der Waals surface area contributed by atoms with Gasteiger partial charge >= 0.3 is 11.6 Å². The summed E-state index contributed by atoms with van der Waals surface area (Å²) in [6, 6.07) is 10.1. The quantitative estimate of drug-likeness (QED) is 0.123. The molecule has 0 saturated carbocycles. The number of esters is 1. The predicted octanol–water partition coefficient (Wildman–Crippen LogP) is 3.83. The van der Waals surface area contributed by atoms with Crippen molar-refractivity contribution in [3.63, 3.8) is 0 Å². The zero-order valence-electron chi connectivity index (χ0n) is 15.5. The van der Waals surface area contributed by atoms with Crippen molar-refractivity contribution in [2.24, 2.45) is 0 Å². The maximum atomic E-state index is 12.2. The van der Waals surface area contributed by atoms with Gasteiger partial charge in [0.2, 0.25) is 0 Å². The molecule has 146 valence electrons. The number of hydrogen-bond donors (Lipinski definition) is 0. The van der Waals surface area contributed by atoms with E-state index in [0.29, 0.717) is 16.5 Å². The Kier molecular flexibility index (Phi) is 5.36. The first-order chi connectivity index (χ1) is 13.8. The minimum Gasteiger partial charge on any atom is -0.422 e. The van der Waals surface area contributed by atoms with Gasteiger partial charge in [0, 0.05) is 29.7 Å². The molecule has 0 saturated heterocycles. The van der Waals surface area contributed by atoms with Gasteiger partial charge in [-0.1, -0.05) is 12.1 Å². The summed E-state index contributed by atoms with van der Waals surface area (Å²) in [7, 11) is 0. The Bertz CT molecular complexity index is 1240. The summed E-state index contributed by atoms with van der Waals surface area (Å²) in [5.74, 6) is -1.28. The normalized spacial score (nSPS) is 11.0. The molecule has 1 heterocycles. The van der Waals surface area contributed by atoms with Crippen LogP contribution in [0.5, 0.6) is 5.75 Å². The Hall–Kier alpha value is -4.07. The third-order valence-electron chi connectivity index (χ3n) is 4.14. The Balaban J connectivity index is 1.93. The van der Waals surface area contributed by atoms with Crippen molar-refractivity contribution in [1.82, 2.24) is 0 Å². The number of nitro benzene ring substituents is 1. The number of aryl methyl sites for hydroxylation is 1. The number of ether oxygens (including phenoxy) is 1. The first-order valence-electron chi connectivity index (χ1n) is 8.49. The van der Waals surface area contributed by atoms with Crippen LogP contribution in [-0.2, 0) is 4.79 Å². The SMILES string of the molecule is CC(=O)c1c(OC(=O)/C=C/c2cccc([N+](=O)[O-])c2)ccc2c(C)cc(=O)oc12. The molecule has 0 aliphatic rings. The maximum Gasteiger partial charge on any atom is 0.336 e. The molecular weight excluding hydrogens is 378 g/mol. The molecule has 0 atom stereocenters. The highest BCUT2D eigenvalue weighted by atomic mass is 16.6. The number of nitrogens with zero attached hydrogens (tertiary/aromatic N) is 1. The van der Waals surface area contributed by atoms with Crippen LogP contribution in [0.2, 0.25) is 0 Å². The lowest BCUT2D eigenvalue weighted by Gasteiger charge is -2.10. The van der Waals surface area contributed by atoms with Crippen LogP contribution in [0.3, 0.4) is 0 Å². The molecule has 0 spiro atoms. The van der Waals surface area contributed by atoms with Crippen LogP contribution in [0, 0.1) is 17.0 Å². The standard InChI is InChI=1S/C21H15NO7/c1-12-10-19(25)29-21-16(12)7-8-17(20(21)13(2)23)28-18(24)9-6-14-4-3-5-15(11-14)22(26)27/h3-11H,1-2H3/b9-6+. The van der Waals surface area contributed by atoms with Crippen molar-refractivity contribution in [3.8, 4) is 5.75 Å². The average Bonchev–Trinajstić information content (AvgIpc) is 2.65. The number of hydrogen-bond acceptors (Lipinski definition) is 7. The number of carbonyl (C=O) groups excluding carboxylic acids is 2. The molecule has 0 amide bonds. The zero-order valence-corrected chi connectivity index (χ0v) is 15.5. The molecule has 0 fully saturated rings. The minimum absolute atomic E-state index is 0.0135. The summed E-state index contributed by atoms with van der Waals surface area (Å²) in [6.45, 7) is 2.98. The molecule has 3 rings (SSSR count). The lowest BCUT2D eigenvalue weighted by atomic mass is 10.0. The number of fused-ring (bicyclic) bond motifs is 1. The second-order valence-corrected chi connectivity index (χ2v) is 6.23. The first-order valence-corrected chi connectivity index (χ1v) is 8.49. The second-order valence-electron chi connectivity index (χ2n) is 6.23. The number of nitro groups is 1. The Labute approximate surface area is 164 Å². The van der Waals surface area contributed by atoms with Crippen LogP contribution in [0.25, 0.3) is 17.0 Å². The van der Waals surface area contributed by atoms with Gasteiger partial charge in [-0.2, -0.15) is 0 Å². The molecule has 0 aliphatic carbocycles. The summed E-state index contributed by atoms with van der Waals surface area (Å²) in [4.78, 5) is 46.3. The van der Waals surface area contributed by atoms with Crippen LogP contribution < -0.4 is 10.4 Å². The number of ketones is 1. The van der Waals surface area contributed by atoms with Gasteiger partial charge in [0.1, 0.15) is 11.3 Å². The average molecular weight is 393 g/mol. The number of rotatable bonds is 5. The third-order valence-corrected chi connectivity index (χ3v) is 4.14. The molecule has 8 nitrogen and oxygen atoms in total. The van der Waals surface area contributed by atoms with Crippen molar-refractivity contribution in [2.45, 2.75) is 13.8 Å². The molecule has 1 aromatic heterocycles. The van der Waals surface area contributed by atoms with Gasteiger partial charge in [-0.3, -0.25) is 14.9 Å². The highest BCUT2D eigenvalue weighted by Gasteiger charge is 2.19. The largest absolute Gasteiger partial charge is 0.422 e. The summed E-state index contributed by atoms with van der Waals surface area (Å²) in [5, 5.41) is 11.4. The molecule has 0 aliphatic heterocycles. The van der Waals surface area contributed by atoms with Gasteiger partial charge in [0.15, 0.2) is 11.4 Å². The second kappa shape index (κ2) is 7.89. The van der Waals surface area contributed by atoms with Crippen molar-refractivity contribution in [2.75, 3.05) is 0 Å². The van der Waals surface area contributed by atoms with Gasteiger partial charge in [0.25, 0.3) is 5.69 Å². The van der Waals surface area contributed by atoms with E-state index in [1.54, 1.807) is 19.1 Å². The third kappa shape index (κ3) is 4.27. The number of carbonyl (C=O) groups is 2. The Morgan fingerprint density at radius 1 is 1.17 bits per heavy atom. The summed E-state index contributed by atoms with van der Waals surface area (Å²) in [6.07, 6.45) is 2.44. The summed E-state index contributed by atoms with van der Waals surface area (Å²) < 4.78 is 10.4. The van der Waals surface area contributed by atoms with E-state index in [1.807, 2.05) is 0 Å². The van der Waals surface area contributed by atoms with Crippen molar-refractivity contribution in [3.05, 3.63) is 85.8 Å². The molecule has 29 heavy (non-hydrogen) atoms. The van der Waals surface area contributed by atoms with Crippen molar-refractivity contribution >= 4 is 34.5 Å². The smallest absolute Gasteiger partial charge is 0.336 e. The van der Waals surface area contributed by atoms with Crippen LogP contribution in [0.15, 0.2) is 57.8 Å². The highest BCUT2D eigenvalue weighted by molar-refractivity contribution is 6.08. The van der Waals surface area contributed by atoms with E-state index in [0.717, 1.165) is 6.08 Å². The number of Topliss-reactive ketones (excluding diaryl/α,β-unsaturated/α-hetero) is 1. The molecule has 8 heteroatoms. The van der Waals surface area contributed by atoms with Gasteiger partial charge < -0.3 is 9.15 Å². The van der Waals surface area contributed by atoms with E-state index in [2.05, 4.69) is 0 Å². The summed E-state index contributed by atoms with van der Waals surface area (Å²) >= 11 is 0. The molecule has 3 aromatic rings. The molecule has 0 unspecified atom stereocenters. The van der Waals surface area contributed by atoms with Crippen molar-refractivity contribution in [1.29, 1.82) is 0 Å². The zero-order chi connectivity index (χ0) is 21.1. The van der Waals surface area contributed by atoms with Crippen molar-refractivity contribution < 1.29 is 23.7 Å². The monoisotopic (exact) mass is 393 g/mol. The highest BCUT2D eigenvalue weighted by Crippen LogP contribution is 2.29. The van der Waals surface area contributed by atoms with Gasteiger partial charge in [-0.15, -0.1) is 0 Å². The maximum absolute atomic E-state index is 12.2. The molecular formula is C21H15NO7. The minimum atomic E-state index is -0.798. The van der Waals surface area contributed by atoms with Crippen LogP contribution in [-0.4, -0.2) is 16.7 Å². The predicted molar refractivity (Wildman–Crippen MR) is 105 cm³/mol. The molecule has 0 N–H and O–H groups in total. The lowest BCUT2D eigenvalue weighted by Crippen LogP contribution is -2.09. The molecule has 0 radical (unpaired) electrons.